The fourth-order valence-electron chi connectivity index (χ4n) is 3.99. The molecular weight excluding hydrogens is 416 g/mol. The highest BCUT2D eigenvalue weighted by molar-refractivity contribution is 7.90. The highest BCUT2D eigenvalue weighted by Gasteiger charge is 2.31. The Bertz CT molecular complexity index is 1050. The Morgan fingerprint density at radius 2 is 1.42 bits per heavy atom. The maximum atomic E-state index is 12.9. The number of hydrogen-bond acceptors (Lipinski definition) is 5. The molecule has 2 fully saturated rings. The first-order valence-corrected chi connectivity index (χ1v) is 12.3. The molecular formula is C23H26N2O5S. The van der Waals surface area contributed by atoms with E-state index in [9.17, 15) is 18.0 Å². The van der Waals surface area contributed by atoms with Gasteiger partial charge in [-0.1, -0.05) is 24.3 Å². The Morgan fingerprint density at radius 1 is 0.871 bits per heavy atom. The lowest BCUT2D eigenvalue weighted by molar-refractivity contribution is -0.142. The number of carbonyl (C=O) groups is 2. The first-order valence-electron chi connectivity index (χ1n) is 10.4. The molecule has 0 saturated carbocycles. The number of piperazine rings is 1. The number of sulfone groups is 1. The van der Waals surface area contributed by atoms with Crippen LogP contribution in [0.2, 0.25) is 0 Å². The van der Waals surface area contributed by atoms with Crippen LogP contribution >= 0.6 is 0 Å². The lowest BCUT2D eigenvalue weighted by Crippen LogP contribution is -2.52. The zero-order valence-electron chi connectivity index (χ0n) is 17.5. The predicted octanol–water partition coefficient (Wildman–Crippen LogP) is 2.22. The molecule has 2 heterocycles. The number of amides is 2. The normalized spacial score (nSPS) is 19.5. The van der Waals surface area contributed by atoms with Crippen molar-refractivity contribution < 1.29 is 22.7 Å². The molecule has 0 aromatic heterocycles. The van der Waals surface area contributed by atoms with Gasteiger partial charge in [0.25, 0.3) is 11.8 Å². The summed E-state index contributed by atoms with van der Waals surface area (Å²) < 4.78 is 28.7. The fraction of sp³-hybridized carbons (Fsp3) is 0.391. The van der Waals surface area contributed by atoms with E-state index in [2.05, 4.69) is 0 Å². The second kappa shape index (κ2) is 8.80. The number of ether oxygens (including phenoxy) is 1. The van der Waals surface area contributed by atoms with Gasteiger partial charge in [0.2, 0.25) is 0 Å². The Hall–Kier alpha value is -2.71. The van der Waals surface area contributed by atoms with Crippen molar-refractivity contribution in [3.8, 4) is 11.1 Å². The molecule has 2 saturated heterocycles. The minimum atomic E-state index is -3.23. The minimum Gasteiger partial charge on any atom is -0.368 e. The van der Waals surface area contributed by atoms with E-state index in [1.54, 1.807) is 46.2 Å². The third kappa shape index (κ3) is 4.80. The van der Waals surface area contributed by atoms with Gasteiger partial charge < -0.3 is 14.5 Å². The fourth-order valence-corrected chi connectivity index (χ4v) is 4.62. The summed E-state index contributed by atoms with van der Waals surface area (Å²) in [7, 11) is -3.23. The van der Waals surface area contributed by atoms with Gasteiger partial charge in [0, 0.05) is 44.6 Å². The quantitative estimate of drug-likeness (QED) is 0.725. The van der Waals surface area contributed by atoms with Crippen LogP contribution < -0.4 is 0 Å². The molecule has 7 nitrogen and oxygen atoms in total. The number of carbonyl (C=O) groups excluding carboxylic acids is 2. The summed E-state index contributed by atoms with van der Waals surface area (Å²) in [5.74, 6) is -0.0148. The van der Waals surface area contributed by atoms with Gasteiger partial charge in [-0.15, -0.1) is 0 Å². The minimum absolute atomic E-state index is 0.0378. The summed E-state index contributed by atoms with van der Waals surface area (Å²) in [4.78, 5) is 29.2. The lowest BCUT2D eigenvalue weighted by Gasteiger charge is -2.35. The third-order valence-electron chi connectivity index (χ3n) is 5.83. The van der Waals surface area contributed by atoms with E-state index in [-0.39, 0.29) is 22.8 Å². The maximum absolute atomic E-state index is 12.9. The molecule has 0 spiro atoms. The van der Waals surface area contributed by atoms with Gasteiger partial charge in [-0.2, -0.15) is 0 Å². The molecule has 4 rings (SSSR count). The zero-order chi connectivity index (χ0) is 22.0. The van der Waals surface area contributed by atoms with Crippen LogP contribution in [0.25, 0.3) is 11.1 Å². The first-order chi connectivity index (χ1) is 14.8. The molecule has 1 atom stereocenters. The SMILES string of the molecule is CS(=O)(=O)c1ccc(-c2ccc(C(=O)N3CCN(C(=O)[C@@H]4CCCO4)CC3)cc2)cc1. The van der Waals surface area contributed by atoms with Crippen LogP contribution in [0.4, 0.5) is 0 Å². The molecule has 2 aliphatic rings. The Kier molecular flexibility index (Phi) is 6.11. The summed E-state index contributed by atoms with van der Waals surface area (Å²) in [5, 5.41) is 0. The zero-order valence-corrected chi connectivity index (χ0v) is 18.3. The summed E-state index contributed by atoms with van der Waals surface area (Å²) >= 11 is 0. The van der Waals surface area contributed by atoms with Crippen molar-refractivity contribution in [3.63, 3.8) is 0 Å². The molecule has 2 aromatic carbocycles. The molecule has 0 N–H and O–H groups in total. The Balaban J connectivity index is 1.37. The number of benzene rings is 2. The largest absolute Gasteiger partial charge is 0.368 e. The summed E-state index contributed by atoms with van der Waals surface area (Å²) in [6, 6.07) is 14.0. The molecule has 164 valence electrons. The van der Waals surface area contributed by atoms with Crippen molar-refractivity contribution in [2.45, 2.75) is 23.8 Å². The summed E-state index contributed by atoms with van der Waals surface area (Å²) in [6.45, 7) is 2.70. The average molecular weight is 443 g/mol. The second-order valence-electron chi connectivity index (χ2n) is 7.99. The first kappa shape index (κ1) is 21.5. The van der Waals surface area contributed by atoms with Gasteiger partial charge >= 0.3 is 0 Å². The Labute approximate surface area is 182 Å². The Morgan fingerprint density at radius 3 is 1.94 bits per heavy atom. The number of nitrogens with zero attached hydrogens (tertiary/aromatic N) is 2. The van der Waals surface area contributed by atoms with E-state index in [0.717, 1.165) is 24.0 Å². The summed E-state index contributed by atoms with van der Waals surface area (Å²) in [6.07, 6.45) is 2.57. The van der Waals surface area contributed by atoms with Crippen LogP contribution in [0.3, 0.4) is 0 Å². The van der Waals surface area contributed by atoms with Gasteiger partial charge in [-0.05, 0) is 48.2 Å². The van der Waals surface area contributed by atoms with Crippen molar-refractivity contribution in [2.75, 3.05) is 39.0 Å². The van der Waals surface area contributed by atoms with Crippen molar-refractivity contribution in [1.29, 1.82) is 0 Å². The van der Waals surface area contributed by atoms with E-state index in [4.69, 9.17) is 4.74 Å². The van der Waals surface area contributed by atoms with Crippen LogP contribution in [-0.2, 0) is 19.4 Å². The maximum Gasteiger partial charge on any atom is 0.253 e. The lowest BCUT2D eigenvalue weighted by atomic mass is 10.0. The van der Waals surface area contributed by atoms with E-state index in [1.807, 2.05) is 12.1 Å². The van der Waals surface area contributed by atoms with E-state index in [0.29, 0.717) is 38.3 Å². The van der Waals surface area contributed by atoms with E-state index >= 15 is 0 Å². The molecule has 2 amide bonds. The highest BCUT2D eigenvalue weighted by atomic mass is 32.2. The highest BCUT2D eigenvalue weighted by Crippen LogP contribution is 2.23. The molecule has 8 heteroatoms. The van der Waals surface area contributed by atoms with Crippen molar-refractivity contribution in [1.82, 2.24) is 9.80 Å². The molecule has 0 aliphatic carbocycles. The number of rotatable bonds is 4. The topological polar surface area (TPSA) is 84.0 Å². The van der Waals surface area contributed by atoms with E-state index < -0.39 is 9.84 Å². The average Bonchev–Trinajstić information content (AvgIpc) is 3.33. The monoisotopic (exact) mass is 442 g/mol. The molecule has 0 bridgehead atoms. The molecule has 2 aromatic rings. The van der Waals surface area contributed by atoms with Crippen LogP contribution in [0, 0.1) is 0 Å². The van der Waals surface area contributed by atoms with Crippen LogP contribution in [0.1, 0.15) is 23.2 Å². The smallest absolute Gasteiger partial charge is 0.253 e. The predicted molar refractivity (Wildman–Crippen MR) is 116 cm³/mol. The van der Waals surface area contributed by atoms with Gasteiger partial charge in [0.15, 0.2) is 9.84 Å². The van der Waals surface area contributed by atoms with Crippen LogP contribution in [-0.4, -0.2) is 75.2 Å². The number of hydrogen-bond donors (Lipinski definition) is 0. The standard InChI is InChI=1S/C23H26N2O5S/c1-31(28,29)20-10-8-18(9-11-20)17-4-6-19(7-5-17)22(26)24-12-14-25(15-13-24)23(27)21-3-2-16-30-21/h4-11,21H,2-3,12-16H2,1H3/t21-/m0/s1. The summed E-state index contributed by atoms with van der Waals surface area (Å²) in [5.41, 5.74) is 2.38. The molecule has 2 aliphatic heterocycles. The van der Waals surface area contributed by atoms with Crippen molar-refractivity contribution in [3.05, 3.63) is 54.1 Å². The van der Waals surface area contributed by atoms with Crippen LogP contribution in [0.15, 0.2) is 53.4 Å². The van der Waals surface area contributed by atoms with Crippen molar-refractivity contribution in [2.24, 2.45) is 0 Å². The molecule has 0 radical (unpaired) electrons. The van der Waals surface area contributed by atoms with Crippen LogP contribution in [0.5, 0.6) is 0 Å². The second-order valence-corrected chi connectivity index (χ2v) is 10.0. The molecule has 31 heavy (non-hydrogen) atoms. The van der Waals surface area contributed by atoms with Gasteiger partial charge in [-0.25, -0.2) is 8.42 Å². The third-order valence-corrected chi connectivity index (χ3v) is 6.96. The van der Waals surface area contributed by atoms with Gasteiger partial charge in [-0.3, -0.25) is 9.59 Å². The van der Waals surface area contributed by atoms with Gasteiger partial charge in [0.1, 0.15) is 6.10 Å². The van der Waals surface area contributed by atoms with E-state index in [1.165, 1.54) is 6.26 Å². The van der Waals surface area contributed by atoms with Crippen molar-refractivity contribution >= 4 is 21.7 Å². The van der Waals surface area contributed by atoms with Gasteiger partial charge in [0.05, 0.1) is 4.90 Å². The molecule has 0 unspecified atom stereocenters.